The maximum absolute atomic E-state index is 12.8. The number of carbonyl (C=O) groups is 2. The van der Waals surface area contributed by atoms with Crippen molar-refractivity contribution < 1.29 is 19.4 Å². The van der Waals surface area contributed by atoms with Crippen molar-refractivity contribution >= 4 is 33.4 Å². The lowest BCUT2D eigenvalue weighted by Crippen LogP contribution is -2.16. The van der Waals surface area contributed by atoms with Crippen LogP contribution in [0.5, 0.6) is 5.75 Å². The molecule has 2 N–H and O–H groups in total. The zero-order valence-corrected chi connectivity index (χ0v) is 18.1. The molecule has 0 fully saturated rings. The number of benzene rings is 3. The summed E-state index contributed by atoms with van der Waals surface area (Å²) in [6.07, 6.45) is 0.228. The molecule has 0 spiro atoms. The Morgan fingerprint density at radius 1 is 0.933 bits per heavy atom. The molecule has 0 aliphatic heterocycles. The molecule has 0 saturated heterocycles. The van der Waals surface area contributed by atoms with E-state index in [4.69, 9.17) is 4.74 Å². The molecule has 0 heterocycles. The first-order chi connectivity index (χ1) is 14.5. The van der Waals surface area contributed by atoms with Crippen LogP contribution in [0.25, 0.3) is 0 Å². The number of nitrogens with one attached hydrogen (secondary N) is 1. The van der Waals surface area contributed by atoms with Crippen molar-refractivity contribution in [3.63, 3.8) is 0 Å². The largest absolute Gasteiger partial charge is 0.508 e. The molecule has 30 heavy (non-hydrogen) atoms. The normalized spacial score (nSPS) is 11.5. The molecular weight excluding hydrogens is 446 g/mol. The van der Waals surface area contributed by atoms with Crippen molar-refractivity contribution in [3.05, 3.63) is 94.0 Å². The van der Waals surface area contributed by atoms with E-state index in [1.165, 1.54) is 0 Å². The summed E-state index contributed by atoms with van der Waals surface area (Å²) in [7, 11) is 0. The molecule has 0 aliphatic carbocycles. The quantitative estimate of drug-likeness (QED) is 0.325. The minimum atomic E-state index is -0.371. The first kappa shape index (κ1) is 21.6. The van der Waals surface area contributed by atoms with Crippen LogP contribution in [0.2, 0.25) is 0 Å². The van der Waals surface area contributed by atoms with Crippen LogP contribution in [0.1, 0.15) is 45.7 Å². The molecule has 1 atom stereocenters. The van der Waals surface area contributed by atoms with Crippen molar-refractivity contribution in [3.8, 4) is 5.75 Å². The molecule has 0 aliphatic rings. The summed E-state index contributed by atoms with van der Waals surface area (Å²) in [5.41, 5.74) is 2.73. The van der Waals surface area contributed by atoms with E-state index in [0.29, 0.717) is 17.7 Å². The first-order valence-corrected chi connectivity index (χ1v) is 10.4. The van der Waals surface area contributed by atoms with Gasteiger partial charge in [0.1, 0.15) is 5.75 Å². The van der Waals surface area contributed by atoms with Gasteiger partial charge < -0.3 is 15.2 Å². The predicted molar refractivity (Wildman–Crippen MR) is 120 cm³/mol. The number of hydrogen-bond acceptors (Lipinski definition) is 5. The number of esters is 1. The Balaban J connectivity index is 1.81. The Hall–Kier alpha value is -3.12. The van der Waals surface area contributed by atoms with Crippen LogP contribution >= 0.6 is 15.9 Å². The molecule has 0 unspecified atom stereocenters. The van der Waals surface area contributed by atoms with E-state index in [9.17, 15) is 14.7 Å². The van der Waals surface area contributed by atoms with Gasteiger partial charge in [-0.15, -0.1) is 0 Å². The number of carbonyl (C=O) groups excluding carboxylic acids is 2. The lowest BCUT2D eigenvalue weighted by atomic mass is 9.97. The molecule has 0 aromatic heterocycles. The van der Waals surface area contributed by atoms with E-state index in [-0.39, 0.29) is 30.0 Å². The zero-order valence-electron chi connectivity index (χ0n) is 16.5. The maximum atomic E-state index is 12.8. The fourth-order valence-corrected chi connectivity index (χ4v) is 3.28. The molecule has 0 radical (unpaired) electrons. The summed E-state index contributed by atoms with van der Waals surface area (Å²) in [5, 5.41) is 13.0. The molecule has 154 valence electrons. The highest BCUT2D eigenvalue weighted by molar-refractivity contribution is 9.10. The van der Waals surface area contributed by atoms with Crippen LogP contribution < -0.4 is 5.32 Å². The molecule has 0 bridgehead atoms. The highest BCUT2D eigenvalue weighted by Gasteiger charge is 2.18. The second-order valence-electron chi connectivity index (χ2n) is 6.72. The van der Waals surface area contributed by atoms with Gasteiger partial charge in [0.2, 0.25) is 0 Å². The van der Waals surface area contributed by atoms with Crippen molar-refractivity contribution in [2.75, 3.05) is 11.9 Å². The lowest BCUT2D eigenvalue weighted by molar-refractivity contribution is 0.0526. The van der Waals surface area contributed by atoms with E-state index in [2.05, 4.69) is 21.2 Å². The number of rotatable bonds is 8. The summed E-state index contributed by atoms with van der Waals surface area (Å²) >= 11 is 3.38. The Bertz CT molecular complexity index is 999. The van der Waals surface area contributed by atoms with Gasteiger partial charge in [-0.25, -0.2) is 4.79 Å². The minimum Gasteiger partial charge on any atom is -0.508 e. The Morgan fingerprint density at radius 2 is 1.53 bits per heavy atom. The lowest BCUT2D eigenvalue weighted by Gasteiger charge is -2.20. The van der Waals surface area contributed by atoms with Gasteiger partial charge in [0.25, 0.3) is 0 Å². The van der Waals surface area contributed by atoms with Gasteiger partial charge in [-0.3, -0.25) is 4.79 Å². The number of hydrogen-bond donors (Lipinski definition) is 2. The minimum absolute atomic E-state index is 0.00350. The number of aromatic hydroxyl groups is 1. The monoisotopic (exact) mass is 467 g/mol. The average Bonchev–Trinajstić information content (AvgIpc) is 2.75. The molecule has 6 heteroatoms. The summed E-state index contributed by atoms with van der Waals surface area (Å²) in [6.45, 7) is 2.08. The van der Waals surface area contributed by atoms with Crippen LogP contribution in [0.15, 0.2) is 77.3 Å². The molecule has 0 amide bonds. The Labute approximate surface area is 183 Å². The number of halogens is 1. The number of ether oxygens (including phenoxy) is 1. The van der Waals surface area contributed by atoms with E-state index in [0.717, 1.165) is 15.7 Å². The van der Waals surface area contributed by atoms with E-state index < -0.39 is 0 Å². The van der Waals surface area contributed by atoms with Crippen LogP contribution in [0.4, 0.5) is 5.69 Å². The van der Waals surface area contributed by atoms with Crippen molar-refractivity contribution in [2.24, 2.45) is 0 Å². The van der Waals surface area contributed by atoms with Gasteiger partial charge in [0, 0.05) is 22.1 Å². The summed E-state index contributed by atoms with van der Waals surface area (Å²) in [4.78, 5) is 24.7. The molecular formula is C24H22BrNO4. The Kier molecular flexibility index (Phi) is 7.25. The standard InChI is InChI=1S/C24H22BrNO4/c1-2-30-24(29)18-5-11-20(12-6-18)26-22(16-7-13-21(27)14-8-16)15-23(28)17-3-9-19(25)10-4-17/h3-14,22,26-27H,2,15H2,1H3/t22-/m0/s1. The highest BCUT2D eigenvalue weighted by atomic mass is 79.9. The smallest absolute Gasteiger partial charge is 0.338 e. The third-order valence-electron chi connectivity index (χ3n) is 4.59. The van der Waals surface area contributed by atoms with Crippen LogP contribution in [0, 0.1) is 0 Å². The van der Waals surface area contributed by atoms with Crippen molar-refractivity contribution in [2.45, 2.75) is 19.4 Å². The second-order valence-corrected chi connectivity index (χ2v) is 7.64. The number of phenolic OH excluding ortho intramolecular Hbond substituents is 1. The topological polar surface area (TPSA) is 75.6 Å². The van der Waals surface area contributed by atoms with Crippen molar-refractivity contribution in [1.82, 2.24) is 0 Å². The fourth-order valence-electron chi connectivity index (χ4n) is 3.02. The van der Waals surface area contributed by atoms with Gasteiger partial charge in [0.15, 0.2) is 5.78 Å². The molecule has 3 aromatic rings. The molecule has 3 aromatic carbocycles. The van der Waals surface area contributed by atoms with E-state index in [1.54, 1.807) is 67.6 Å². The van der Waals surface area contributed by atoms with Crippen LogP contribution in [0.3, 0.4) is 0 Å². The van der Waals surface area contributed by atoms with Crippen LogP contribution in [-0.4, -0.2) is 23.5 Å². The van der Waals surface area contributed by atoms with Crippen molar-refractivity contribution in [1.29, 1.82) is 0 Å². The summed E-state index contributed by atoms with van der Waals surface area (Å²) < 4.78 is 5.92. The highest BCUT2D eigenvalue weighted by Crippen LogP contribution is 2.26. The third-order valence-corrected chi connectivity index (χ3v) is 5.12. The molecule has 3 rings (SSSR count). The maximum Gasteiger partial charge on any atom is 0.338 e. The van der Waals surface area contributed by atoms with Gasteiger partial charge >= 0.3 is 5.97 Å². The predicted octanol–water partition coefficient (Wildman–Crippen LogP) is 5.76. The van der Waals surface area contributed by atoms with E-state index >= 15 is 0 Å². The average molecular weight is 468 g/mol. The third kappa shape index (κ3) is 5.70. The van der Waals surface area contributed by atoms with Crippen LogP contribution in [-0.2, 0) is 4.74 Å². The first-order valence-electron chi connectivity index (χ1n) is 9.57. The van der Waals surface area contributed by atoms with Gasteiger partial charge in [-0.1, -0.05) is 40.2 Å². The zero-order chi connectivity index (χ0) is 21.5. The number of phenols is 1. The SMILES string of the molecule is CCOC(=O)c1ccc(N[C@@H](CC(=O)c2ccc(Br)cc2)c2ccc(O)cc2)cc1. The van der Waals surface area contributed by atoms with Gasteiger partial charge in [-0.05, 0) is 61.0 Å². The molecule has 0 saturated carbocycles. The molecule has 5 nitrogen and oxygen atoms in total. The summed E-state index contributed by atoms with van der Waals surface area (Å²) in [5.74, 6) is -0.212. The fraction of sp³-hybridized carbons (Fsp3) is 0.167. The summed E-state index contributed by atoms with van der Waals surface area (Å²) in [6, 6.07) is 20.6. The van der Waals surface area contributed by atoms with Gasteiger partial charge in [0.05, 0.1) is 18.2 Å². The van der Waals surface area contributed by atoms with Gasteiger partial charge in [-0.2, -0.15) is 0 Å². The second kappa shape index (κ2) is 10.1. The number of ketones is 1. The van der Waals surface area contributed by atoms with E-state index in [1.807, 2.05) is 12.1 Å². The Morgan fingerprint density at radius 3 is 2.13 bits per heavy atom. The number of Topliss-reactive ketones (excluding diaryl/α,β-unsaturated/α-hetero) is 1. The number of anilines is 1.